The normalized spacial score (nSPS) is 15.8. The van der Waals surface area contributed by atoms with Crippen LogP contribution in [0.15, 0.2) is 60.8 Å². The van der Waals surface area contributed by atoms with E-state index in [0.29, 0.717) is 85.5 Å². The fraction of sp³-hybridized carbons (Fsp3) is 0.566. The molecule has 0 aliphatic carbocycles. The van der Waals surface area contributed by atoms with Gasteiger partial charge in [-0.1, -0.05) is 24.3 Å². The van der Waals surface area contributed by atoms with Gasteiger partial charge in [0.25, 0.3) is 0 Å². The van der Waals surface area contributed by atoms with Gasteiger partial charge in [0.15, 0.2) is 0 Å². The predicted molar refractivity (Wildman–Crippen MR) is 288 cm³/mol. The van der Waals surface area contributed by atoms with E-state index in [4.69, 9.17) is 34.6 Å². The van der Waals surface area contributed by atoms with E-state index in [1.165, 1.54) is 28.8 Å². The van der Waals surface area contributed by atoms with E-state index in [9.17, 15) is 24.0 Å². The van der Waals surface area contributed by atoms with Crippen LogP contribution >= 0.6 is 11.3 Å². The lowest BCUT2D eigenvalue weighted by molar-refractivity contribution is -0.134. The molecule has 21 nitrogen and oxygen atoms in total. The quantitative estimate of drug-likeness (QED) is 0.0472. The van der Waals surface area contributed by atoms with E-state index in [1.807, 2.05) is 30.2 Å². The van der Waals surface area contributed by atoms with E-state index in [2.05, 4.69) is 78.4 Å². The van der Waals surface area contributed by atoms with Crippen molar-refractivity contribution in [3.05, 3.63) is 71.9 Å². The van der Waals surface area contributed by atoms with Crippen LogP contribution in [0.1, 0.15) is 50.2 Å². The minimum Gasteiger partial charge on any atom is -0.379 e. The van der Waals surface area contributed by atoms with Crippen molar-refractivity contribution in [2.24, 2.45) is 5.73 Å². The molecule has 7 rings (SSSR count). The minimum absolute atomic E-state index is 0.0113. The summed E-state index contributed by atoms with van der Waals surface area (Å²) in [5.74, 6) is -0.222. The summed E-state index contributed by atoms with van der Waals surface area (Å²) in [5.41, 5.74) is 10.6. The number of carbonyl (C=O) groups excluding carboxylic acids is 5. The van der Waals surface area contributed by atoms with Gasteiger partial charge in [-0.2, -0.15) is 0 Å². The number of hydrogen-bond acceptors (Lipinski definition) is 16. The number of fused-ring (bicyclic) bond motifs is 1. The van der Waals surface area contributed by atoms with Crippen molar-refractivity contribution >= 4 is 62.7 Å². The van der Waals surface area contributed by atoms with Crippen molar-refractivity contribution < 1.29 is 42.9 Å². The molecule has 0 radical (unpaired) electrons. The summed E-state index contributed by atoms with van der Waals surface area (Å²) in [7, 11) is 0. The van der Waals surface area contributed by atoms with Crippen molar-refractivity contribution in [2.45, 2.75) is 58.2 Å². The maximum atomic E-state index is 13.5. The lowest BCUT2D eigenvalue weighted by Crippen LogP contribution is -2.52. The zero-order chi connectivity index (χ0) is 52.6. The number of aromatic nitrogens is 2. The van der Waals surface area contributed by atoms with Gasteiger partial charge in [0, 0.05) is 109 Å². The third kappa shape index (κ3) is 19.0. The monoisotopic (exact) mass is 1060 g/mol. The summed E-state index contributed by atoms with van der Waals surface area (Å²) in [6.45, 7) is 14.6. The van der Waals surface area contributed by atoms with Crippen LogP contribution in [0.4, 0.5) is 16.3 Å². The maximum absolute atomic E-state index is 13.5. The number of primary amides is 1. The number of urea groups is 1. The Hall–Kier alpha value is -6.01. The smallest absolute Gasteiger partial charge is 0.312 e. The lowest BCUT2D eigenvalue weighted by Gasteiger charge is -2.36. The number of hydrogen-bond donors (Lipinski definition) is 5. The van der Waals surface area contributed by atoms with Gasteiger partial charge in [-0.3, -0.25) is 29.0 Å². The van der Waals surface area contributed by atoms with Gasteiger partial charge in [-0.15, -0.1) is 11.3 Å². The first-order valence-electron chi connectivity index (χ1n) is 26.5. The Bertz CT molecular complexity index is 2410. The van der Waals surface area contributed by atoms with Crippen LogP contribution in [0.25, 0.3) is 20.8 Å². The highest BCUT2D eigenvalue weighted by Crippen LogP contribution is 2.33. The molecule has 3 aliphatic heterocycles. The van der Waals surface area contributed by atoms with Crippen molar-refractivity contribution in [1.82, 2.24) is 45.9 Å². The average molecular weight is 1060 g/mol. The molecule has 408 valence electrons. The highest BCUT2D eigenvalue weighted by Gasteiger charge is 2.25. The number of ether oxygens (including phenoxy) is 4. The fourth-order valence-corrected chi connectivity index (χ4v) is 10.1. The molecule has 3 aliphatic rings. The molecule has 3 saturated heterocycles. The summed E-state index contributed by atoms with van der Waals surface area (Å²) in [4.78, 5) is 83.9. The molecule has 1 unspecified atom stereocenters. The second kappa shape index (κ2) is 30.5. The van der Waals surface area contributed by atoms with Crippen molar-refractivity contribution in [3.8, 4) is 10.6 Å². The number of rotatable bonds is 30. The van der Waals surface area contributed by atoms with Crippen LogP contribution in [0, 0.1) is 0 Å². The molecule has 0 bridgehead atoms. The van der Waals surface area contributed by atoms with E-state index in [1.54, 1.807) is 16.2 Å². The lowest BCUT2D eigenvalue weighted by atomic mass is 10.1. The standard InChI is InChI=1S/C53H76N12O9S/c1-2-71-28-29-73-32-33-74-31-30-72-27-15-50(68)65-25-21-62(22-26-65)39-49(67)57-37-48(66)59-45(6-5-16-55-53(54)70)51(69)58-35-40-7-9-41(10-8-40)38-61-19-23-63(24-20-61)43-12-13-44-46(34-43)75-52(60-44)42-11-14-47(56-36-42)64-17-3-4-18-64/h7-14,34,36,45H,2-6,15-33,35,37-39H2,1H3,(H,57,67)(H,58,69)(H,59,66)(H3,54,55,70). The van der Waals surface area contributed by atoms with E-state index in [-0.39, 0.29) is 56.7 Å². The van der Waals surface area contributed by atoms with Gasteiger partial charge >= 0.3 is 6.03 Å². The Morgan fingerprint density at radius 2 is 1.39 bits per heavy atom. The SMILES string of the molecule is CCOCCOCCOCCOCCC(=O)N1CCN(CC(=O)NCC(=O)NC(CCCNC(N)=O)C(=O)NCc2ccc(CN3CCN(c4ccc5nc(-c6ccc(N7CCCC7)nc6)sc5c4)CC3)cc2)CC1. The number of nitrogens with two attached hydrogens (primary N) is 1. The van der Waals surface area contributed by atoms with Gasteiger partial charge in [0.1, 0.15) is 16.9 Å². The number of piperazine rings is 2. The molecule has 75 heavy (non-hydrogen) atoms. The summed E-state index contributed by atoms with van der Waals surface area (Å²) in [6, 6.07) is 17.4. The Morgan fingerprint density at radius 3 is 2.07 bits per heavy atom. The molecule has 4 aromatic rings. The number of nitrogens with zero attached hydrogens (tertiary/aromatic N) is 7. The number of pyridine rings is 1. The minimum atomic E-state index is -0.908. The van der Waals surface area contributed by atoms with Gasteiger partial charge in [0.05, 0.1) is 76.0 Å². The number of thiazole rings is 1. The van der Waals surface area contributed by atoms with Crippen LogP contribution in [-0.2, 0) is 51.2 Å². The molecule has 6 N–H and O–H groups in total. The number of carbonyl (C=O) groups is 5. The maximum Gasteiger partial charge on any atom is 0.312 e. The predicted octanol–water partition coefficient (Wildman–Crippen LogP) is 2.57. The molecule has 2 aromatic heterocycles. The summed E-state index contributed by atoms with van der Waals surface area (Å²) in [6.07, 6.45) is 5.28. The van der Waals surface area contributed by atoms with Gasteiger partial charge in [-0.25, -0.2) is 14.8 Å². The fourth-order valence-electron chi connectivity index (χ4n) is 9.12. The van der Waals surface area contributed by atoms with Crippen LogP contribution in [0.5, 0.6) is 0 Å². The number of amides is 6. The molecule has 3 fully saturated rings. The first-order chi connectivity index (χ1) is 36.6. The molecule has 0 saturated carbocycles. The molecule has 6 amide bonds. The van der Waals surface area contributed by atoms with E-state index in [0.717, 1.165) is 73.3 Å². The molecule has 5 heterocycles. The van der Waals surface area contributed by atoms with Crippen LogP contribution in [0.2, 0.25) is 0 Å². The molecule has 1 atom stereocenters. The molecule has 2 aromatic carbocycles. The van der Waals surface area contributed by atoms with Crippen molar-refractivity contribution in [2.75, 3.05) is 148 Å². The summed E-state index contributed by atoms with van der Waals surface area (Å²) >= 11 is 1.71. The van der Waals surface area contributed by atoms with E-state index < -0.39 is 18.0 Å². The Labute approximate surface area is 444 Å². The molecule has 22 heteroatoms. The average Bonchev–Trinajstić information content (AvgIpc) is 4.13. The highest BCUT2D eigenvalue weighted by atomic mass is 32.1. The van der Waals surface area contributed by atoms with Crippen LogP contribution in [0.3, 0.4) is 0 Å². The first-order valence-corrected chi connectivity index (χ1v) is 27.3. The second-order valence-corrected chi connectivity index (χ2v) is 19.9. The number of nitrogens with one attached hydrogen (secondary N) is 4. The summed E-state index contributed by atoms with van der Waals surface area (Å²) < 4.78 is 22.8. The Balaban J connectivity index is 0.769. The number of benzene rings is 2. The molecule has 0 spiro atoms. The largest absolute Gasteiger partial charge is 0.379 e. The van der Waals surface area contributed by atoms with Gasteiger partial charge < -0.3 is 60.6 Å². The first kappa shape index (κ1) is 56.7. The molecular formula is C53H76N12O9S. The molecular weight excluding hydrogens is 981 g/mol. The Morgan fingerprint density at radius 1 is 0.707 bits per heavy atom. The Kier molecular flexibility index (Phi) is 23.1. The zero-order valence-corrected chi connectivity index (χ0v) is 44.3. The van der Waals surface area contributed by atoms with Crippen LogP contribution < -0.4 is 36.8 Å². The zero-order valence-electron chi connectivity index (χ0n) is 43.4. The second-order valence-electron chi connectivity index (χ2n) is 18.8. The topological polar surface area (TPSA) is 238 Å². The highest BCUT2D eigenvalue weighted by molar-refractivity contribution is 7.21. The third-order valence-corrected chi connectivity index (χ3v) is 14.4. The summed E-state index contributed by atoms with van der Waals surface area (Å²) in [5, 5.41) is 11.8. The van der Waals surface area contributed by atoms with Crippen LogP contribution in [-0.4, -0.2) is 198 Å². The third-order valence-electron chi connectivity index (χ3n) is 13.4. The number of anilines is 2. The van der Waals surface area contributed by atoms with Gasteiger partial charge in [0.2, 0.25) is 23.6 Å². The van der Waals surface area contributed by atoms with Crippen molar-refractivity contribution in [3.63, 3.8) is 0 Å². The van der Waals surface area contributed by atoms with Gasteiger partial charge in [-0.05, 0) is 74.1 Å². The van der Waals surface area contributed by atoms with Crippen molar-refractivity contribution in [1.29, 1.82) is 0 Å². The van der Waals surface area contributed by atoms with E-state index >= 15 is 0 Å².